The van der Waals surface area contributed by atoms with Gasteiger partial charge in [-0.2, -0.15) is 5.10 Å². The van der Waals surface area contributed by atoms with Gasteiger partial charge in [0.2, 0.25) is 11.1 Å². The van der Waals surface area contributed by atoms with Crippen LogP contribution in [0.5, 0.6) is 0 Å². The Morgan fingerprint density at radius 1 is 1.42 bits per heavy atom. The van der Waals surface area contributed by atoms with Gasteiger partial charge >= 0.3 is 0 Å². The SMILES string of the molecule is CC(C)Cn1nnnc1SCC(=O)Nc1ccnn1C1CCCC1. The Hall–Kier alpha value is -1.90. The van der Waals surface area contributed by atoms with Gasteiger partial charge in [0.15, 0.2) is 0 Å². The van der Waals surface area contributed by atoms with Crippen LogP contribution in [-0.2, 0) is 11.3 Å². The van der Waals surface area contributed by atoms with Crippen molar-refractivity contribution in [3.05, 3.63) is 12.3 Å². The summed E-state index contributed by atoms with van der Waals surface area (Å²) in [7, 11) is 0. The highest BCUT2D eigenvalue weighted by Gasteiger charge is 2.20. The summed E-state index contributed by atoms with van der Waals surface area (Å²) in [4.78, 5) is 12.3. The molecule has 1 saturated carbocycles. The Balaban J connectivity index is 1.55. The van der Waals surface area contributed by atoms with E-state index in [4.69, 9.17) is 0 Å². The maximum absolute atomic E-state index is 12.3. The van der Waals surface area contributed by atoms with Crippen LogP contribution in [0.2, 0.25) is 0 Å². The number of anilines is 1. The van der Waals surface area contributed by atoms with Gasteiger partial charge in [-0.1, -0.05) is 38.5 Å². The van der Waals surface area contributed by atoms with E-state index in [1.165, 1.54) is 24.6 Å². The van der Waals surface area contributed by atoms with Crippen LogP contribution in [0.1, 0.15) is 45.6 Å². The first-order valence-electron chi connectivity index (χ1n) is 8.36. The summed E-state index contributed by atoms with van der Waals surface area (Å²) in [5.74, 6) is 1.42. The standard InChI is InChI=1S/C15H23N7OS/c1-11(2)9-21-15(18-19-20-21)24-10-14(23)17-13-7-8-16-22(13)12-5-3-4-6-12/h7-8,11-12H,3-6,9-10H2,1-2H3,(H,17,23). The topological polar surface area (TPSA) is 90.5 Å². The molecule has 0 atom stereocenters. The quantitative estimate of drug-likeness (QED) is 0.772. The molecule has 1 fully saturated rings. The van der Waals surface area contributed by atoms with Crippen LogP contribution in [0.25, 0.3) is 0 Å². The molecule has 0 bridgehead atoms. The van der Waals surface area contributed by atoms with Crippen LogP contribution < -0.4 is 5.32 Å². The number of carbonyl (C=O) groups is 1. The molecule has 24 heavy (non-hydrogen) atoms. The lowest BCUT2D eigenvalue weighted by Gasteiger charge is -2.14. The lowest BCUT2D eigenvalue weighted by atomic mass is 10.2. The molecule has 3 rings (SSSR count). The second kappa shape index (κ2) is 7.78. The van der Waals surface area contributed by atoms with Crippen LogP contribution in [0.15, 0.2) is 17.4 Å². The van der Waals surface area contributed by atoms with Crippen molar-refractivity contribution in [3.63, 3.8) is 0 Å². The molecular weight excluding hydrogens is 326 g/mol. The lowest BCUT2D eigenvalue weighted by molar-refractivity contribution is -0.113. The Kier molecular flexibility index (Phi) is 5.49. The van der Waals surface area contributed by atoms with Crippen LogP contribution in [0, 0.1) is 5.92 Å². The maximum atomic E-state index is 12.3. The molecule has 2 heterocycles. The van der Waals surface area contributed by atoms with Gasteiger partial charge in [0.1, 0.15) is 5.82 Å². The van der Waals surface area contributed by atoms with Gasteiger partial charge in [-0.05, 0) is 29.2 Å². The van der Waals surface area contributed by atoms with Crippen LogP contribution in [0.4, 0.5) is 5.82 Å². The average Bonchev–Trinajstić information content (AvgIpc) is 3.25. The molecule has 0 aromatic carbocycles. The Morgan fingerprint density at radius 2 is 2.21 bits per heavy atom. The summed E-state index contributed by atoms with van der Waals surface area (Å²) in [6.45, 7) is 4.95. The zero-order valence-corrected chi connectivity index (χ0v) is 14.9. The summed E-state index contributed by atoms with van der Waals surface area (Å²) < 4.78 is 3.68. The third-order valence-electron chi connectivity index (χ3n) is 3.98. The molecule has 9 heteroatoms. The van der Waals surface area contributed by atoms with Gasteiger partial charge in [-0.3, -0.25) is 4.79 Å². The smallest absolute Gasteiger partial charge is 0.235 e. The molecule has 1 aliphatic rings. The van der Waals surface area contributed by atoms with Gasteiger partial charge in [0.05, 0.1) is 18.0 Å². The molecule has 8 nitrogen and oxygen atoms in total. The second-order valence-corrected chi connectivity index (χ2v) is 7.42. The van der Waals surface area contributed by atoms with Crippen molar-refractivity contribution >= 4 is 23.5 Å². The maximum Gasteiger partial charge on any atom is 0.235 e. The first kappa shape index (κ1) is 16.9. The first-order chi connectivity index (χ1) is 11.6. The molecule has 0 aliphatic heterocycles. The fourth-order valence-electron chi connectivity index (χ4n) is 2.92. The summed E-state index contributed by atoms with van der Waals surface area (Å²) in [6, 6.07) is 2.25. The van der Waals surface area contributed by atoms with Gasteiger partial charge in [0.25, 0.3) is 0 Å². The molecular formula is C15H23N7OS. The monoisotopic (exact) mass is 349 g/mol. The molecule has 1 aliphatic carbocycles. The van der Waals surface area contributed by atoms with Crippen molar-refractivity contribution in [3.8, 4) is 0 Å². The van der Waals surface area contributed by atoms with Crippen molar-refractivity contribution in [1.29, 1.82) is 0 Å². The number of aromatic nitrogens is 6. The van der Waals surface area contributed by atoms with Gasteiger partial charge in [-0.25, -0.2) is 9.36 Å². The average molecular weight is 349 g/mol. The van der Waals surface area contributed by atoms with E-state index in [2.05, 4.69) is 39.8 Å². The third-order valence-corrected chi connectivity index (χ3v) is 4.93. The largest absolute Gasteiger partial charge is 0.310 e. The number of nitrogens with one attached hydrogen (secondary N) is 1. The highest BCUT2D eigenvalue weighted by atomic mass is 32.2. The van der Waals surface area contributed by atoms with E-state index in [0.29, 0.717) is 17.1 Å². The summed E-state index contributed by atoms with van der Waals surface area (Å²) in [5, 5.41) is 19.6. The fourth-order valence-corrected chi connectivity index (χ4v) is 3.61. The summed E-state index contributed by atoms with van der Waals surface area (Å²) in [5.41, 5.74) is 0. The number of hydrogen-bond donors (Lipinski definition) is 1. The Morgan fingerprint density at radius 3 is 2.96 bits per heavy atom. The van der Waals surface area contributed by atoms with E-state index in [9.17, 15) is 4.79 Å². The van der Waals surface area contributed by atoms with E-state index < -0.39 is 0 Å². The predicted molar refractivity (Wildman–Crippen MR) is 91.7 cm³/mol. The molecule has 1 N–H and O–H groups in total. The van der Waals surface area contributed by atoms with E-state index in [-0.39, 0.29) is 11.7 Å². The lowest BCUT2D eigenvalue weighted by Crippen LogP contribution is -2.19. The van der Waals surface area contributed by atoms with E-state index in [1.54, 1.807) is 10.9 Å². The zero-order chi connectivity index (χ0) is 16.9. The molecule has 130 valence electrons. The van der Waals surface area contributed by atoms with E-state index in [0.717, 1.165) is 25.2 Å². The van der Waals surface area contributed by atoms with E-state index in [1.807, 2.05) is 10.7 Å². The minimum absolute atomic E-state index is 0.0705. The van der Waals surface area contributed by atoms with Crippen molar-refractivity contribution < 1.29 is 4.79 Å². The summed E-state index contributed by atoms with van der Waals surface area (Å²) in [6.07, 6.45) is 6.45. The number of nitrogens with zero attached hydrogens (tertiary/aromatic N) is 6. The van der Waals surface area contributed by atoms with Crippen molar-refractivity contribution in [2.24, 2.45) is 5.92 Å². The van der Waals surface area contributed by atoms with Gasteiger partial charge in [-0.15, -0.1) is 5.10 Å². The number of carbonyl (C=O) groups excluding carboxylic acids is 1. The van der Waals surface area contributed by atoms with Crippen LogP contribution in [0.3, 0.4) is 0 Å². The van der Waals surface area contributed by atoms with Crippen molar-refractivity contribution in [1.82, 2.24) is 30.0 Å². The van der Waals surface area contributed by atoms with Gasteiger partial charge < -0.3 is 5.32 Å². The highest BCUT2D eigenvalue weighted by Crippen LogP contribution is 2.31. The molecule has 2 aromatic heterocycles. The molecule has 2 aromatic rings. The number of hydrogen-bond acceptors (Lipinski definition) is 6. The summed E-state index contributed by atoms with van der Waals surface area (Å²) >= 11 is 1.35. The number of amides is 1. The normalized spacial score (nSPS) is 15.3. The number of rotatable bonds is 7. The minimum Gasteiger partial charge on any atom is -0.310 e. The highest BCUT2D eigenvalue weighted by molar-refractivity contribution is 7.99. The van der Waals surface area contributed by atoms with E-state index >= 15 is 0 Å². The van der Waals surface area contributed by atoms with Crippen LogP contribution in [-0.4, -0.2) is 41.6 Å². The molecule has 0 spiro atoms. The molecule has 0 unspecified atom stereocenters. The first-order valence-corrected chi connectivity index (χ1v) is 9.34. The van der Waals surface area contributed by atoms with Crippen LogP contribution >= 0.6 is 11.8 Å². The van der Waals surface area contributed by atoms with Gasteiger partial charge in [0, 0.05) is 12.6 Å². The number of thioether (sulfide) groups is 1. The van der Waals surface area contributed by atoms with Crippen molar-refractivity contribution in [2.45, 2.75) is 57.3 Å². The third kappa shape index (κ3) is 4.14. The predicted octanol–water partition coefficient (Wildman–Crippen LogP) is 2.37. The molecule has 0 radical (unpaired) electrons. The number of tetrazole rings is 1. The van der Waals surface area contributed by atoms with Crippen molar-refractivity contribution in [2.75, 3.05) is 11.1 Å². The minimum atomic E-state index is -0.0705. The molecule has 1 amide bonds. The zero-order valence-electron chi connectivity index (χ0n) is 14.1. The Bertz CT molecular complexity index is 675. The molecule has 0 saturated heterocycles. The Labute approximate surface area is 145 Å². The fraction of sp³-hybridized carbons (Fsp3) is 0.667. The second-order valence-electron chi connectivity index (χ2n) is 6.47.